The van der Waals surface area contributed by atoms with Gasteiger partial charge in [-0.05, 0) is 44.0 Å². The molecule has 30 heavy (non-hydrogen) atoms. The number of aromatic nitrogens is 4. The van der Waals surface area contributed by atoms with Gasteiger partial charge >= 0.3 is 0 Å². The Labute approximate surface area is 174 Å². The first-order chi connectivity index (χ1) is 14.5. The summed E-state index contributed by atoms with van der Waals surface area (Å²) in [4.78, 5) is 25.6. The number of nitrogens with zero attached hydrogens (tertiary/aromatic N) is 4. The van der Waals surface area contributed by atoms with Crippen LogP contribution in [0.1, 0.15) is 22.5 Å². The van der Waals surface area contributed by atoms with E-state index in [9.17, 15) is 9.59 Å². The van der Waals surface area contributed by atoms with E-state index < -0.39 is 0 Å². The summed E-state index contributed by atoms with van der Waals surface area (Å²) in [6, 6.07) is 17.5. The standard InChI is InChI=1S/C23H23N5O2/c1-15-9-7-8-10-18(15)13-24-20(29)14-27-23(30)21-17(3)28(19-11-5-4-6-12-19)26-22(21)16(2)25-27/h4-12H,13-14H2,1-3H3,(H,24,29). The van der Waals surface area contributed by atoms with E-state index in [1.165, 1.54) is 4.68 Å². The molecule has 0 atom stereocenters. The van der Waals surface area contributed by atoms with Crippen molar-refractivity contribution in [2.75, 3.05) is 0 Å². The number of amides is 1. The van der Waals surface area contributed by atoms with E-state index >= 15 is 0 Å². The van der Waals surface area contributed by atoms with E-state index in [2.05, 4.69) is 15.5 Å². The van der Waals surface area contributed by atoms with Crippen LogP contribution in [0.4, 0.5) is 0 Å². The highest BCUT2D eigenvalue weighted by Crippen LogP contribution is 2.19. The average Bonchev–Trinajstić information content (AvgIpc) is 3.10. The van der Waals surface area contributed by atoms with Crippen molar-refractivity contribution >= 4 is 16.8 Å². The van der Waals surface area contributed by atoms with Gasteiger partial charge in [-0.25, -0.2) is 9.36 Å². The van der Waals surface area contributed by atoms with Crippen LogP contribution in [0.25, 0.3) is 16.6 Å². The maximum absolute atomic E-state index is 13.1. The summed E-state index contributed by atoms with van der Waals surface area (Å²) < 4.78 is 2.96. The molecule has 4 rings (SSSR count). The lowest BCUT2D eigenvalue weighted by Gasteiger charge is -2.09. The van der Waals surface area contributed by atoms with Gasteiger partial charge in [-0.15, -0.1) is 0 Å². The van der Waals surface area contributed by atoms with Crippen molar-refractivity contribution in [1.82, 2.24) is 24.9 Å². The maximum atomic E-state index is 13.1. The number of carbonyl (C=O) groups is 1. The largest absolute Gasteiger partial charge is 0.350 e. The molecule has 2 aromatic carbocycles. The Hall–Kier alpha value is -3.74. The van der Waals surface area contributed by atoms with Crippen LogP contribution in [0.5, 0.6) is 0 Å². The van der Waals surface area contributed by atoms with Crippen LogP contribution < -0.4 is 10.9 Å². The van der Waals surface area contributed by atoms with Crippen molar-refractivity contribution in [1.29, 1.82) is 0 Å². The molecule has 7 heteroatoms. The monoisotopic (exact) mass is 401 g/mol. The first-order valence-electron chi connectivity index (χ1n) is 9.79. The molecule has 0 fully saturated rings. The number of carbonyl (C=O) groups excluding carboxylic acids is 1. The van der Waals surface area contributed by atoms with E-state index in [1.807, 2.05) is 68.4 Å². The van der Waals surface area contributed by atoms with Gasteiger partial charge in [0.15, 0.2) is 0 Å². The van der Waals surface area contributed by atoms with Gasteiger partial charge in [-0.1, -0.05) is 42.5 Å². The zero-order chi connectivity index (χ0) is 21.3. The Kier molecular flexibility index (Phi) is 5.18. The molecule has 1 N–H and O–H groups in total. The number of fused-ring (bicyclic) bond motifs is 1. The molecule has 7 nitrogen and oxygen atoms in total. The smallest absolute Gasteiger partial charge is 0.278 e. The Morgan fingerprint density at radius 2 is 1.67 bits per heavy atom. The molecule has 152 valence electrons. The number of hydrogen-bond donors (Lipinski definition) is 1. The highest BCUT2D eigenvalue weighted by molar-refractivity contribution is 5.83. The molecule has 1 amide bonds. The zero-order valence-electron chi connectivity index (χ0n) is 17.2. The second-order valence-electron chi connectivity index (χ2n) is 7.31. The Bertz CT molecular complexity index is 1290. The maximum Gasteiger partial charge on any atom is 0.278 e. The lowest BCUT2D eigenvalue weighted by atomic mass is 10.1. The Balaban J connectivity index is 1.63. The number of benzene rings is 2. The predicted molar refractivity (Wildman–Crippen MR) is 116 cm³/mol. The van der Waals surface area contributed by atoms with Gasteiger partial charge in [0.2, 0.25) is 5.91 Å². The summed E-state index contributed by atoms with van der Waals surface area (Å²) in [5.41, 5.74) is 4.58. The lowest BCUT2D eigenvalue weighted by Crippen LogP contribution is -2.34. The zero-order valence-corrected chi connectivity index (χ0v) is 17.2. The summed E-state index contributed by atoms with van der Waals surface area (Å²) in [5.74, 6) is -0.264. The molecule has 0 aliphatic heterocycles. The highest BCUT2D eigenvalue weighted by Gasteiger charge is 2.18. The number of nitrogens with one attached hydrogen (secondary N) is 1. The Morgan fingerprint density at radius 3 is 2.40 bits per heavy atom. The minimum Gasteiger partial charge on any atom is -0.350 e. The first kappa shape index (κ1) is 19.6. The fourth-order valence-electron chi connectivity index (χ4n) is 3.54. The molecule has 4 aromatic rings. The van der Waals surface area contributed by atoms with E-state index in [4.69, 9.17) is 0 Å². The van der Waals surface area contributed by atoms with E-state index in [-0.39, 0.29) is 18.0 Å². The molecule has 0 radical (unpaired) electrons. The Morgan fingerprint density at radius 1 is 0.967 bits per heavy atom. The third-order valence-corrected chi connectivity index (χ3v) is 5.21. The molecule has 0 bridgehead atoms. The number of hydrogen-bond acceptors (Lipinski definition) is 4. The predicted octanol–water partition coefficient (Wildman–Crippen LogP) is 2.82. The van der Waals surface area contributed by atoms with Gasteiger partial charge in [0.1, 0.15) is 12.1 Å². The molecule has 0 aliphatic rings. The van der Waals surface area contributed by atoms with Gasteiger partial charge in [-0.2, -0.15) is 10.2 Å². The minimum atomic E-state index is -0.318. The quantitative estimate of drug-likeness (QED) is 0.558. The van der Waals surface area contributed by atoms with Crippen molar-refractivity contribution in [3.63, 3.8) is 0 Å². The van der Waals surface area contributed by atoms with Gasteiger partial charge in [0, 0.05) is 6.54 Å². The van der Waals surface area contributed by atoms with Crippen molar-refractivity contribution < 1.29 is 4.79 Å². The summed E-state index contributed by atoms with van der Waals surface area (Å²) in [6.45, 7) is 5.92. The fourth-order valence-corrected chi connectivity index (χ4v) is 3.54. The van der Waals surface area contributed by atoms with Crippen LogP contribution in [-0.2, 0) is 17.9 Å². The third-order valence-electron chi connectivity index (χ3n) is 5.21. The summed E-state index contributed by atoms with van der Waals surface area (Å²) in [6.07, 6.45) is 0. The van der Waals surface area contributed by atoms with Crippen LogP contribution in [0.3, 0.4) is 0 Å². The van der Waals surface area contributed by atoms with Crippen molar-refractivity contribution in [2.45, 2.75) is 33.9 Å². The van der Waals surface area contributed by atoms with Crippen molar-refractivity contribution in [3.05, 3.63) is 87.5 Å². The normalized spacial score (nSPS) is 11.0. The van der Waals surface area contributed by atoms with Crippen LogP contribution in [0.15, 0.2) is 59.4 Å². The number of para-hydroxylation sites is 1. The summed E-state index contributed by atoms with van der Waals surface area (Å²) in [7, 11) is 0. The highest BCUT2D eigenvalue weighted by atomic mass is 16.2. The molecule has 0 unspecified atom stereocenters. The molecule has 2 aromatic heterocycles. The average molecular weight is 401 g/mol. The van der Waals surface area contributed by atoms with E-state index in [0.29, 0.717) is 23.1 Å². The van der Waals surface area contributed by atoms with Crippen molar-refractivity contribution in [3.8, 4) is 5.69 Å². The van der Waals surface area contributed by atoms with Gasteiger partial charge in [0.05, 0.1) is 22.5 Å². The number of rotatable bonds is 5. The van der Waals surface area contributed by atoms with Gasteiger partial charge in [-0.3, -0.25) is 9.59 Å². The second-order valence-corrected chi connectivity index (χ2v) is 7.31. The van der Waals surface area contributed by atoms with Crippen LogP contribution >= 0.6 is 0 Å². The third kappa shape index (κ3) is 3.61. The van der Waals surface area contributed by atoms with Crippen LogP contribution in [-0.4, -0.2) is 25.5 Å². The van der Waals surface area contributed by atoms with Crippen LogP contribution in [0.2, 0.25) is 0 Å². The molecular weight excluding hydrogens is 378 g/mol. The molecule has 0 aliphatic carbocycles. The molecular formula is C23H23N5O2. The SMILES string of the molecule is Cc1ccccc1CNC(=O)Cn1nc(C)c2nn(-c3ccccc3)c(C)c2c1=O. The molecule has 0 spiro atoms. The lowest BCUT2D eigenvalue weighted by molar-refractivity contribution is -0.122. The minimum absolute atomic E-state index is 0.141. The van der Waals surface area contributed by atoms with E-state index in [0.717, 1.165) is 22.5 Å². The molecule has 0 saturated carbocycles. The summed E-state index contributed by atoms with van der Waals surface area (Å²) >= 11 is 0. The fraction of sp³-hybridized carbons (Fsp3) is 0.217. The van der Waals surface area contributed by atoms with Crippen LogP contribution in [0, 0.1) is 20.8 Å². The van der Waals surface area contributed by atoms with Crippen molar-refractivity contribution in [2.24, 2.45) is 0 Å². The number of aryl methyl sites for hydroxylation is 3. The van der Waals surface area contributed by atoms with E-state index in [1.54, 1.807) is 11.6 Å². The molecule has 0 saturated heterocycles. The second kappa shape index (κ2) is 7.94. The van der Waals surface area contributed by atoms with Gasteiger partial charge < -0.3 is 5.32 Å². The molecule has 2 heterocycles. The summed E-state index contributed by atoms with van der Waals surface area (Å²) in [5, 5.41) is 12.3. The van der Waals surface area contributed by atoms with Gasteiger partial charge in [0.25, 0.3) is 5.56 Å². The topological polar surface area (TPSA) is 81.8 Å². The first-order valence-corrected chi connectivity index (χ1v) is 9.79.